The van der Waals surface area contributed by atoms with Crippen LogP contribution in [-0.4, -0.2) is 74.5 Å². The molecule has 0 aliphatic carbocycles. The van der Waals surface area contributed by atoms with E-state index in [1.54, 1.807) is 7.05 Å². The lowest BCUT2D eigenvalue weighted by molar-refractivity contribution is -0.127. The Morgan fingerprint density at radius 1 is 1.17 bits per heavy atom. The van der Waals surface area contributed by atoms with Gasteiger partial charge >= 0.3 is 0 Å². The van der Waals surface area contributed by atoms with E-state index in [9.17, 15) is 4.79 Å². The predicted molar refractivity (Wildman–Crippen MR) is 137 cm³/mol. The first kappa shape index (κ1) is 26.7. The van der Waals surface area contributed by atoms with Crippen LogP contribution in [-0.2, 0) is 11.2 Å². The largest absolute Gasteiger partial charge is 0.356 e. The maximum atomic E-state index is 12.3. The van der Waals surface area contributed by atoms with Crippen LogP contribution in [0, 0.1) is 5.92 Å². The van der Waals surface area contributed by atoms with Gasteiger partial charge in [-0.1, -0.05) is 44.2 Å². The number of hydrogen-bond donors (Lipinski definition) is 2. The van der Waals surface area contributed by atoms with Gasteiger partial charge in [-0.15, -0.1) is 24.0 Å². The highest BCUT2D eigenvalue weighted by Crippen LogP contribution is 2.17. The van der Waals surface area contributed by atoms with Crippen molar-refractivity contribution in [2.24, 2.45) is 10.9 Å². The maximum absolute atomic E-state index is 12.3. The molecule has 0 spiro atoms. The summed E-state index contributed by atoms with van der Waals surface area (Å²) in [5, 5.41) is 6.79. The van der Waals surface area contributed by atoms with Crippen molar-refractivity contribution in [2.45, 2.75) is 39.5 Å². The molecule has 0 radical (unpaired) electrons. The Morgan fingerprint density at radius 2 is 1.90 bits per heavy atom. The molecule has 1 atom stereocenters. The van der Waals surface area contributed by atoms with Crippen molar-refractivity contribution in [1.29, 1.82) is 0 Å². The Hall–Kier alpha value is -1.35. The lowest BCUT2D eigenvalue weighted by Crippen LogP contribution is -2.40. The van der Waals surface area contributed by atoms with Crippen molar-refractivity contribution in [1.82, 2.24) is 20.4 Å². The smallest absolute Gasteiger partial charge is 0.223 e. The minimum Gasteiger partial charge on any atom is -0.356 e. The molecule has 0 aromatic heterocycles. The molecule has 1 aromatic carbocycles. The number of hydrogen-bond acceptors (Lipinski definition) is 3. The van der Waals surface area contributed by atoms with Gasteiger partial charge in [-0.2, -0.15) is 0 Å². The van der Waals surface area contributed by atoms with E-state index in [1.807, 2.05) is 11.0 Å². The summed E-state index contributed by atoms with van der Waals surface area (Å²) in [6.45, 7) is 11.2. The Labute approximate surface area is 199 Å². The number of rotatable bonds is 12. The molecular weight excluding hydrogens is 489 g/mol. The Kier molecular flexibility index (Phi) is 13.7. The fourth-order valence-electron chi connectivity index (χ4n) is 3.78. The molecule has 170 valence electrons. The van der Waals surface area contributed by atoms with Crippen LogP contribution in [0.4, 0.5) is 0 Å². The first-order chi connectivity index (χ1) is 14.2. The molecule has 1 aliphatic rings. The third-order valence-electron chi connectivity index (χ3n) is 5.68. The van der Waals surface area contributed by atoms with Crippen LogP contribution in [0.25, 0.3) is 0 Å². The molecule has 2 N–H and O–H groups in total. The van der Waals surface area contributed by atoms with Gasteiger partial charge in [0, 0.05) is 45.6 Å². The number of unbranched alkanes of at least 4 members (excludes halogenated alkanes) is 1. The summed E-state index contributed by atoms with van der Waals surface area (Å²) in [5.74, 6) is 1.45. The van der Waals surface area contributed by atoms with Crippen LogP contribution in [0.2, 0.25) is 0 Å². The summed E-state index contributed by atoms with van der Waals surface area (Å²) in [7, 11) is 1.80. The molecule has 1 unspecified atom stereocenters. The zero-order chi connectivity index (χ0) is 20.9. The number of aliphatic imine (C=N–C) groups is 1. The van der Waals surface area contributed by atoms with Gasteiger partial charge in [0.2, 0.25) is 5.91 Å². The van der Waals surface area contributed by atoms with Crippen molar-refractivity contribution >= 4 is 35.8 Å². The lowest BCUT2D eigenvalue weighted by Gasteiger charge is -2.19. The van der Waals surface area contributed by atoms with Gasteiger partial charge in [-0.3, -0.25) is 9.79 Å². The second-order valence-corrected chi connectivity index (χ2v) is 7.76. The van der Waals surface area contributed by atoms with Gasteiger partial charge in [0.25, 0.3) is 0 Å². The number of benzene rings is 1. The number of amides is 1. The molecule has 1 aliphatic heterocycles. The van der Waals surface area contributed by atoms with Crippen molar-refractivity contribution < 1.29 is 4.79 Å². The highest BCUT2D eigenvalue weighted by molar-refractivity contribution is 14.0. The number of guanidine groups is 1. The van der Waals surface area contributed by atoms with Crippen LogP contribution in [0.15, 0.2) is 35.3 Å². The normalized spacial score (nSPS) is 16.7. The molecule has 1 aromatic rings. The second kappa shape index (κ2) is 15.5. The van der Waals surface area contributed by atoms with Crippen molar-refractivity contribution in [3.05, 3.63) is 35.9 Å². The first-order valence-electron chi connectivity index (χ1n) is 11.1. The van der Waals surface area contributed by atoms with Crippen LogP contribution in [0.3, 0.4) is 0 Å². The van der Waals surface area contributed by atoms with E-state index in [2.05, 4.69) is 58.6 Å². The Morgan fingerprint density at radius 3 is 2.57 bits per heavy atom. The lowest BCUT2D eigenvalue weighted by atomic mass is 10.1. The molecule has 0 bridgehead atoms. The van der Waals surface area contributed by atoms with E-state index >= 15 is 0 Å². The minimum atomic E-state index is 0. The van der Waals surface area contributed by atoms with E-state index < -0.39 is 0 Å². The molecule has 2 rings (SSSR count). The van der Waals surface area contributed by atoms with Gasteiger partial charge in [-0.05, 0) is 44.5 Å². The van der Waals surface area contributed by atoms with Gasteiger partial charge in [0.15, 0.2) is 5.96 Å². The standard InChI is InChI=1S/C23H39N5O.HI/c1-4-27(5-2)15-10-9-14-25-23(24-3)26-18-21-17-22(29)28(19-21)16-13-20-11-7-6-8-12-20;/h6-8,11-12,21H,4-5,9-10,13-19H2,1-3H3,(H2,24,25,26);1H. The summed E-state index contributed by atoms with van der Waals surface area (Å²) in [5.41, 5.74) is 1.28. The highest BCUT2D eigenvalue weighted by atomic mass is 127. The Bertz CT molecular complexity index is 621. The fourth-order valence-corrected chi connectivity index (χ4v) is 3.78. The second-order valence-electron chi connectivity index (χ2n) is 7.76. The number of carbonyl (C=O) groups is 1. The van der Waals surface area contributed by atoms with Crippen molar-refractivity contribution in [2.75, 3.05) is 52.9 Å². The van der Waals surface area contributed by atoms with Gasteiger partial charge in [-0.25, -0.2) is 0 Å². The molecule has 7 heteroatoms. The third-order valence-corrected chi connectivity index (χ3v) is 5.68. The Balaban J connectivity index is 0.00000450. The first-order valence-corrected chi connectivity index (χ1v) is 11.1. The number of carbonyl (C=O) groups excluding carboxylic acids is 1. The topological polar surface area (TPSA) is 60.0 Å². The van der Waals surface area contributed by atoms with Gasteiger partial charge in [0.05, 0.1) is 0 Å². The van der Waals surface area contributed by atoms with E-state index in [0.29, 0.717) is 12.3 Å². The number of halogens is 1. The molecular formula is C23H40IN5O. The van der Waals surface area contributed by atoms with Gasteiger partial charge < -0.3 is 20.4 Å². The summed E-state index contributed by atoms with van der Waals surface area (Å²) in [6.07, 6.45) is 3.87. The van der Waals surface area contributed by atoms with Crippen molar-refractivity contribution in [3.63, 3.8) is 0 Å². The zero-order valence-corrected chi connectivity index (χ0v) is 21.2. The van der Waals surface area contributed by atoms with Crippen LogP contribution in [0.5, 0.6) is 0 Å². The van der Waals surface area contributed by atoms with Crippen LogP contribution >= 0.6 is 24.0 Å². The fraction of sp³-hybridized carbons (Fsp3) is 0.652. The summed E-state index contributed by atoms with van der Waals surface area (Å²) in [4.78, 5) is 21.1. The minimum absolute atomic E-state index is 0. The van der Waals surface area contributed by atoms with E-state index in [4.69, 9.17) is 0 Å². The summed E-state index contributed by atoms with van der Waals surface area (Å²) >= 11 is 0. The van der Waals surface area contributed by atoms with Crippen LogP contribution in [0.1, 0.15) is 38.7 Å². The SMILES string of the molecule is CCN(CC)CCCCNC(=NC)NCC1CC(=O)N(CCc2ccccc2)C1.I. The quantitative estimate of drug-likeness (QED) is 0.189. The van der Waals surface area contributed by atoms with Crippen molar-refractivity contribution in [3.8, 4) is 0 Å². The number of nitrogens with one attached hydrogen (secondary N) is 2. The summed E-state index contributed by atoms with van der Waals surface area (Å²) in [6, 6.07) is 10.4. The molecule has 1 heterocycles. The molecule has 1 amide bonds. The predicted octanol–water partition coefficient (Wildman–Crippen LogP) is 2.98. The third kappa shape index (κ3) is 9.64. The molecule has 6 nitrogen and oxygen atoms in total. The number of likely N-dealkylation sites (tertiary alicyclic amines) is 1. The number of nitrogens with zero attached hydrogens (tertiary/aromatic N) is 3. The average Bonchev–Trinajstić information content (AvgIpc) is 3.11. The van der Waals surface area contributed by atoms with E-state index in [-0.39, 0.29) is 29.9 Å². The maximum Gasteiger partial charge on any atom is 0.223 e. The monoisotopic (exact) mass is 529 g/mol. The van der Waals surface area contributed by atoms with E-state index in [0.717, 1.165) is 64.6 Å². The molecule has 30 heavy (non-hydrogen) atoms. The van der Waals surface area contributed by atoms with Gasteiger partial charge in [0.1, 0.15) is 0 Å². The summed E-state index contributed by atoms with van der Waals surface area (Å²) < 4.78 is 0. The highest BCUT2D eigenvalue weighted by Gasteiger charge is 2.29. The zero-order valence-electron chi connectivity index (χ0n) is 18.9. The molecule has 0 saturated carbocycles. The average molecular weight is 530 g/mol. The van der Waals surface area contributed by atoms with Crippen LogP contribution < -0.4 is 10.6 Å². The molecule has 1 fully saturated rings. The molecule has 1 saturated heterocycles. The van der Waals surface area contributed by atoms with E-state index in [1.165, 1.54) is 12.0 Å².